The fourth-order valence-corrected chi connectivity index (χ4v) is 2.42. The average Bonchev–Trinajstić information content (AvgIpc) is 2.98. The molecule has 1 aliphatic heterocycles. The topological polar surface area (TPSA) is 69.5 Å². The van der Waals surface area contributed by atoms with Crippen molar-refractivity contribution >= 4 is 5.91 Å². The van der Waals surface area contributed by atoms with Crippen LogP contribution in [0.2, 0.25) is 0 Å². The van der Waals surface area contributed by atoms with Crippen LogP contribution in [0.15, 0.2) is 30.6 Å². The molecule has 2 aromatic rings. The van der Waals surface area contributed by atoms with Crippen molar-refractivity contribution in [1.29, 1.82) is 0 Å². The third-order valence-electron chi connectivity index (χ3n) is 3.61. The second kappa shape index (κ2) is 5.43. The van der Waals surface area contributed by atoms with Gasteiger partial charge in [-0.05, 0) is 12.1 Å². The molecule has 2 heterocycles. The Kier molecular flexibility index (Phi) is 3.47. The predicted octanol–water partition coefficient (Wildman–Crippen LogP) is 0.992. The molecular weight excluding hydrogens is 272 g/mol. The van der Waals surface area contributed by atoms with Gasteiger partial charge in [-0.2, -0.15) is 0 Å². The quantitative estimate of drug-likeness (QED) is 0.839. The molecule has 1 aliphatic rings. The van der Waals surface area contributed by atoms with Crippen molar-refractivity contribution in [2.75, 3.05) is 27.3 Å². The standard InChI is InChI=1S/C14H16N4O3/c1-20-11-4-3-5-12(21-2)13(11)14(19)17-8-10(9-17)18-7-6-15-16-18/h3-7,10H,8-9H2,1-2H3. The molecule has 110 valence electrons. The Hall–Kier alpha value is -2.57. The van der Waals surface area contributed by atoms with Crippen LogP contribution in [0.3, 0.4) is 0 Å². The number of hydrogen-bond donors (Lipinski definition) is 0. The molecule has 0 unspecified atom stereocenters. The van der Waals surface area contributed by atoms with Crippen molar-refractivity contribution in [3.05, 3.63) is 36.2 Å². The van der Waals surface area contributed by atoms with Crippen molar-refractivity contribution < 1.29 is 14.3 Å². The molecule has 1 saturated heterocycles. The van der Waals surface area contributed by atoms with E-state index in [2.05, 4.69) is 10.3 Å². The van der Waals surface area contributed by atoms with Crippen LogP contribution in [-0.4, -0.2) is 53.1 Å². The van der Waals surface area contributed by atoms with Crippen LogP contribution in [0.1, 0.15) is 16.4 Å². The molecule has 0 aliphatic carbocycles. The van der Waals surface area contributed by atoms with Gasteiger partial charge in [-0.15, -0.1) is 5.10 Å². The zero-order valence-electron chi connectivity index (χ0n) is 11.9. The van der Waals surface area contributed by atoms with Gasteiger partial charge in [0.25, 0.3) is 5.91 Å². The Labute approximate surface area is 122 Å². The first-order valence-electron chi connectivity index (χ1n) is 6.60. The molecule has 7 heteroatoms. The molecule has 0 atom stereocenters. The largest absolute Gasteiger partial charge is 0.496 e. The number of methoxy groups -OCH3 is 2. The van der Waals surface area contributed by atoms with E-state index < -0.39 is 0 Å². The molecule has 7 nitrogen and oxygen atoms in total. The van der Waals surface area contributed by atoms with Gasteiger partial charge in [-0.3, -0.25) is 4.79 Å². The lowest BCUT2D eigenvalue weighted by Crippen LogP contribution is -2.51. The minimum atomic E-state index is -0.0966. The number of hydrogen-bond acceptors (Lipinski definition) is 5. The summed E-state index contributed by atoms with van der Waals surface area (Å²) < 4.78 is 12.3. The third kappa shape index (κ3) is 2.31. The van der Waals surface area contributed by atoms with E-state index in [1.807, 2.05) is 0 Å². The number of nitrogens with zero attached hydrogens (tertiary/aromatic N) is 4. The summed E-state index contributed by atoms with van der Waals surface area (Å²) in [6.45, 7) is 1.20. The van der Waals surface area contributed by atoms with Gasteiger partial charge < -0.3 is 14.4 Å². The van der Waals surface area contributed by atoms with Gasteiger partial charge in [0, 0.05) is 19.3 Å². The Morgan fingerprint density at radius 2 is 1.90 bits per heavy atom. The molecule has 0 saturated carbocycles. The van der Waals surface area contributed by atoms with Crippen molar-refractivity contribution in [3.8, 4) is 11.5 Å². The highest BCUT2D eigenvalue weighted by Gasteiger charge is 2.35. The zero-order valence-corrected chi connectivity index (χ0v) is 11.9. The first-order chi connectivity index (χ1) is 10.2. The second-order valence-electron chi connectivity index (χ2n) is 4.78. The SMILES string of the molecule is COc1cccc(OC)c1C(=O)N1CC(n2ccnn2)C1. The summed E-state index contributed by atoms with van der Waals surface area (Å²) in [5.41, 5.74) is 0.458. The lowest BCUT2D eigenvalue weighted by atomic mass is 10.1. The molecule has 1 amide bonds. The van der Waals surface area contributed by atoms with Gasteiger partial charge >= 0.3 is 0 Å². The Morgan fingerprint density at radius 1 is 1.24 bits per heavy atom. The number of benzene rings is 1. The molecule has 1 fully saturated rings. The molecule has 3 rings (SSSR count). The van der Waals surface area contributed by atoms with Gasteiger partial charge in [0.15, 0.2) is 0 Å². The molecule has 1 aromatic carbocycles. The zero-order chi connectivity index (χ0) is 14.8. The molecule has 1 aromatic heterocycles. The first kappa shape index (κ1) is 13.4. The minimum absolute atomic E-state index is 0.0966. The first-order valence-corrected chi connectivity index (χ1v) is 6.60. The minimum Gasteiger partial charge on any atom is -0.496 e. The van der Waals surface area contributed by atoms with E-state index in [1.165, 1.54) is 0 Å². The smallest absolute Gasteiger partial charge is 0.261 e. The van der Waals surface area contributed by atoms with Crippen LogP contribution >= 0.6 is 0 Å². The number of carbonyl (C=O) groups excluding carboxylic acids is 1. The normalized spacial score (nSPS) is 14.7. The van der Waals surface area contributed by atoms with Crippen LogP contribution in [-0.2, 0) is 0 Å². The van der Waals surface area contributed by atoms with E-state index in [4.69, 9.17) is 9.47 Å². The maximum Gasteiger partial charge on any atom is 0.261 e. The lowest BCUT2D eigenvalue weighted by Gasteiger charge is -2.39. The van der Waals surface area contributed by atoms with Crippen LogP contribution in [0, 0.1) is 0 Å². The van der Waals surface area contributed by atoms with E-state index in [1.54, 1.807) is 54.4 Å². The number of aromatic nitrogens is 3. The summed E-state index contributed by atoms with van der Waals surface area (Å²) in [7, 11) is 3.08. The maximum absolute atomic E-state index is 12.6. The van der Waals surface area contributed by atoms with E-state index >= 15 is 0 Å². The number of rotatable bonds is 4. The van der Waals surface area contributed by atoms with E-state index in [9.17, 15) is 4.79 Å². The fourth-order valence-electron chi connectivity index (χ4n) is 2.42. The summed E-state index contributed by atoms with van der Waals surface area (Å²) in [4.78, 5) is 14.4. The van der Waals surface area contributed by atoms with Crippen molar-refractivity contribution in [2.24, 2.45) is 0 Å². The Bertz CT molecular complexity index is 613. The van der Waals surface area contributed by atoms with Gasteiger partial charge in [0.2, 0.25) is 0 Å². The molecule has 0 radical (unpaired) electrons. The lowest BCUT2D eigenvalue weighted by molar-refractivity contribution is 0.0492. The number of likely N-dealkylation sites (tertiary alicyclic amines) is 1. The van der Waals surface area contributed by atoms with Gasteiger partial charge in [-0.25, -0.2) is 4.68 Å². The van der Waals surface area contributed by atoms with Crippen molar-refractivity contribution in [3.63, 3.8) is 0 Å². The van der Waals surface area contributed by atoms with Gasteiger partial charge in [0.1, 0.15) is 17.1 Å². The summed E-state index contributed by atoms with van der Waals surface area (Å²) in [6, 6.07) is 5.48. The predicted molar refractivity (Wildman–Crippen MR) is 74.5 cm³/mol. The highest BCUT2D eigenvalue weighted by molar-refractivity contribution is 6.00. The number of amides is 1. The van der Waals surface area contributed by atoms with Crippen molar-refractivity contribution in [2.45, 2.75) is 6.04 Å². The average molecular weight is 288 g/mol. The monoisotopic (exact) mass is 288 g/mol. The van der Waals surface area contributed by atoms with Gasteiger partial charge in [-0.1, -0.05) is 11.3 Å². The number of carbonyl (C=O) groups is 1. The second-order valence-corrected chi connectivity index (χ2v) is 4.78. The third-order valence-corrected chi connectivity index (χ3v) is 3.61. The van der Waals surface area contributed by atoms with E-state index in [0.717, 1.165) is 0 Å². The highest BCUT2D eigenvalue weighted by Crippen LogP contribution is 2.32. The van der Waals surface area contributed by atoms with Crippen molar-refractivity contribution in [1.82, 2.24) is 19.9 Å². The summed E-state index contributed by atoms with van der Waals surface area (Å²) in [6.07, 6.45) is 3.43. The van der Waals surface area contributed by atoms with Crippen LogP contribution < -0.4 is 9.47 Å². The van der Waals surface area contributed by atoms with Gasteiger partial charge in [0.05, 0.1) is 26.5 Å². The summed E-state index contributed by atoms with van der Waals surface area (Å²) in [5.74, 6) is 0.938. The summed E-state index contributed by atoms with van der Waals surface area (Å²) in [5, 5.41) is 7.73. The Morgan fingerprint density at radius 3 is 2.43 bits per heavy atom. The Balaban J connectivity index is 1.78. The molecular formula is C14H16N4O3. The van der Waals surface area contributed by atoms with Crippen LogP contribution in [0.4, 0.5) is 0 Å². The maximum atomic E-state index is 12.6. The molecule has 0 N–H and O–H groups in total. The number of ether oxygens (including phenoxy) is 2. The molecule has 0 spiro atoms. The van der Waals surface area contributed by atoms with E-state index in [0.29, 0.717) is 30.2 Å². The molecule has 21 heavy (non-hydrogen) atoms. The molecule has 0 bridgehead atoms. The fraction of sp³-hybridized carbons (Fsp3) is 0.357. The van der Waals surface area contributed by atoms with E-state index in [-0.39, 0.29) is 11.9 Å². The summed E-state index contributed by atoms with van der Waals surface area (Å²) >= 11 is 0. The van der Waals surface area contributed by atoms with Crippen LogP contribution in [0.25, 0.3) is 0 Å². The highest BCUT2D eigenvalue weighted by atomic mass is 16.5. The van der Waals surface area contributed by atoms with Crippen LogP contribution in [0.5, 0.6) is 11.5 Å².